The van der Waals surface area contributed by atoms with Gasteiger partial charge in [-0.1, -0.05) is 0 Å². The lowest BCUT2D eigenvalue weighted by Gasteiger charge is -2.05. The van der Waals surface area contributed by atoms with Gasteiger partial charge in [-0.05, 0) is 11.4 Å². The number of thiophene rings is 1. The van der Waals surface area contributed by atoms with E-state index in [-0.39, 0.29) is 23.3 Å². The number of anilines is 1. The zero-order valence-electron chi connectivity index (χ0n) is 14.5. The van der Waals surface area contributed by atoms with Gasteiger partial charge >= 0.3 is 12.0 Å². The van der Waals surface area contributed by atoms with Gasteiger partial charge < -0.3 is 19.9 Å². The standard InChI is InChI=1S/C7H10N4O3.C7H6O4S2/c1-13-4-3-5(14-2)10-7(9-4)11-6(8)12;1-11-7(8)5-2-3-12-6(5)4-13(9)10/h3H,1-2H3,(H3,8,9,10,11,12);2-4H,1H3. The highest BCUT2D eigenvalue weighted by Crippen LogP contribution is 2.17. The Morgan fingerprint density at radius 1 is 1.19 bits per heavy atom. The number of nitrogens with zero attached hydrogens (tertiary/aromatic N) is 2. The van der Waals surface area contributed by atoms with E-state index >= 15 is 0 Å². The Morgan fingerprint density at radius 3 is 2.22 bits per heavy atom. The second-order valence-electron chi connectivity index (χ2n) is 4.33. The largest absolute Gasteiger partial charge is 0.481 e. The van der Waals surface area contributed by atoms with Crippen LogP contribution in [0.25, 0.3) is 0 Å². The van der Waals surface area contributed by atoms with Crippen LogP contribution < -0.4 is 20.5 Å². The molecule has 11 nitrogen and oxygen atoms in total. The van der Waals surface area contributed by atoms with Crippen molar-refractivity contribution in [2.45, 2.75) is 0 Å². The van der Waals surface area contributed by atoms with E-state index in [1.54, 1.807) is 5.38 Å². The van der Waals surface area contributed by atoms with E-state index < -0.39 is 22.3 Å². The lowest BCUT2D eigenvalue weighted by atomic mass is 10.3. The monoisotopic (exact) mass is 416 g/mol. The maximum atomic E-state index is 11.0. The molecule has 2 heterocycles. The third kappa shape index (κ3) is 7.29. The fourth-order valence-corrected chi connectivity index (χ4v) is 2.95. The quantitative estimate of drug-likeness (QED) is 0.524. The summed E-state index contributed by atoms with van der Waals surface area (Å²) in [5.41, 5.74) is 5.17. The third-order valence-corrected chi connectivity index (χ3v) is 4.08. The molecule has 0 aromatic carbocycles. The SMILES string of the molecule is COC(=O)c1ccsc1C=S(=O)=O.COc1cc(OC)nc(NC(N)=O)n1. The maximum Gasteiger partial charge on any atom is 0.339 e. The van der Waals surface area contributed by atoms with Crippen LogP contribution in [0.3, 0.4) is 0 Å². The minimum Gasteiger partial charge on any atom is -0.481 e. The smallest absolute Gasteiger partial charge is 0.339 e. The van der Waals surface area contributed by atoms with E-state index in [2.05, 4.69) is 20.0 Å². The molecule has 0 aliphatic heterocycles. The van der Waals surface area contributed by atoms with Gasteiger partial charge in [-0.25, -0.2) is 9.59 Å². The number of aromatic nitrogens is 2. The van der Waals surface area contributed by atoms with Gasteiger partial charge in [0.2, 0.25) is 28.0 Å². The molecule has 13 heteroatoms. The summed E-state index contributed by atoms with van der Waals surface area (Å²) in [5, 5.41) is 4.82. The van der Waals surface area contributed by atoms with Gasteiger partial charge in [0.1, 0.15) is 0 Å². The predicted molar refractivity (Wildman–Crippen MR) is 98.1 cm³/mol. The summed E-state index contributed by atoms with van der Waals surface area (Å²) in [5.74, 6) is 0.0628. The first kappa shape index (κ1) is 21.9. The zero-order chi connectivity index (χ0) is 20.4. The van der Waals surface area contributed by atoms with Gasteiger partial charge in [-0.15, -0.1) is 11.3 Å². The topological polar surface area (TPSA) is 160 Å². The van der Waals surface area contributed by atoms with Crippen molar-refractivity contribution in [2.24, 2.45) is 5.73 Å². The molecule has 0 saturated carbocycles. The first-order valence-electron chi connectivity index (χ1n) is 6.93. The van der Waals surface area contributed by atoms with Gasteiger partial charge in [0.25, 0.3) is 0 Å². The highest BCUT2D eigenvalue weighted by atomic mass is 32.2. The number of hydrogen-bond donors (Lipinski definition) is 2. The molecule has 146 valence electrons. The summed E-state index contributed by atoms with van der Waals surface area (Å²) < 4.78 is 34.8. The van der Waals surface area contributed by atoms with Crippen molar-refractivity contribution in [3.8, 4) is 11.8 Å². The number of amides is 2. The average molecular weight is 416 g/mol. The third-order valence-electron chi connectivity index (χ3n) is 2.64. The van der Waals surface area contributed by atoms with Crippen LogP contribution >= 0.6 is 11.3 Å². The van der Waals surface area contributed by atoms with E-state index in [4.69, 9.17) is 15.2 Å². The molecule has 0 saturated heterocycles. The molecular formula is C14H16N4O7S2. The van der Waals surface area contributed by atoms with Crippen molar-refractivity contribution in [3.05, 3.63) is 28.0 Å². The number of urea groups is 1. The highest BCUT2D eigenvalue weighted by Gasteiger charge is 2.11. The number of methoxy groups -OCH3 is 3. The average Bonchev–Trinajstić information content (AvgIpc) is 3.08. The zero-order valence-corrected chi connectivity index (χ0v) is 16.1. The number of nitrogens with one attached hydrogen (secondary N) is 1. The van der Waals surface area contributed by atoms with E-state index in [1.165, 1.54) is 44.8 Å². The number of rotatable bonds is 5. The Bertz CT molecular complexity index is 910. The minimum atomic E-state index is -2.30. The molecule has 0 aliphatic carbocycles. The fraction of sp³-hybridized carbons (Fsp3) is 0.214. The Morgan fingerprint density at radius 2 is 1.78 bits per heavy atom. The first-order valence-corrected chi connectivity index (χ1v) is 8.94. The van der Waals surface area contributed by atoms with Crippen molar-refractivity contribution in [2.75, 3.05) is 26.6 Å². The van der Waals surface area contributed by atoms with Crippen LogP contribution in [0.1, 0.15) is 15.2 Å². The predicted octanol–water partition coefficient (Wildman–Crippen LogP) is 0.549. The summed E-state index contributed by atoms with van der Waals surface area (Å²) in [6, 6.07) is 2.25. The number of hydrogen-bond acceptors (Lipinski definition) is 10. The van der Waals surface area contributed by atoms with Crippen LogP contribution in [0.15, 0.2) is 17.5 Å². The molecule has 2 amide bonds. The Labute approximate surface area is 159 Å². The minimum absolute atomic E-state index is 0.0358. The fourth-order valence-electron chi connectivity index (χ4n) is 1.56. The second-order valence-corrected chi connectivity index (χ2v) is 6.04. The number of carbonyl (C=O) groups excluding carboxylic acids is 2. The van der Waals surface area contributed by atoms with E-state index in [1.807, 2.05) is 0 Å². The summed E-state index contributed by atoms with van der Waals surface area (Å²) in [7, 11) is 1.83. The van der Waals surface area contributed by atoms with Crippen molar-refractivity contribution >= 4 is 44.9 Å². The maximum absolute atomic E-state index is 11.0. The van der Waals surface area contributed by atoms with E-state index in [9.17, 15) is 18.0 Å². The van der Waals surface area contributed by atoms with Gasteiger partial charge in [0.15, 0.2) is 0 Å². The van der Waals surface area contributed by atoms with Crippen LogP contribution in [0, 0.1) is 0 Å². The molecule has 2 aromatic rings. The Balaban J connectivity index is 0.000000271. The van der Waals surface area contributed by atoms with Gasteiger partial charge in [0.05, 0.1) is 43.2 Å². The molecular weight excluding hydrogens is 400 g/mol. The van der Waals surface area contributed by atoms with Crippen molar-refractivity contribution in [3.63, 3.8) is 0 Å². The summed E-state index contributed by atoms with van der Waals surface area (Å²) in [4.78, 5) is 29.6. The van der Waals surface area contributed by atoms with Crippen LogP contribution in [0.2, 0.25) is 0 Å². The second kappa shape index (κ2) is 10.7. The van der Waals surface area contributed by atoms with Crippen LogP contribution in [-0.4, -0.2) is 57.1 Å². The molecule has 27 heavy (non-hydrogen) atoms. The van der Waals surface area contributed by atoms with Crippen LogP contribution in [0.5, 0.6) is 11.8 Å². The van der Waals surface area contributed by atoms with E-state index in [0.29, 0.717) is 4.88 Å². The number of esters is 1. The summed E-state index contributed by atoms with van der Waals surface area (Å²) >= 11 is 1.17. The molecule has 2 aromatic heterocycles. The van der Waals surface area contributed by atoms with E-state index in [0.717, 1.165) is 5.37 Å². The van der Waals surface area contributed by atoms with Crippen LogP contribution in [0.4, 0.5) is 10.7 Å². The number of nitrogens with two attached hydrogens (primary N) is 1. The summed E-state index contributed by atoms with van der Waals surface area (Å²) in [6.45, 7) is 0. The van der Waals surface area contributed by atoms with Gasteiger partial charge in [-0.2, -0.15) is 18.4 Å². The molecule has 0 bridgehead atoms. The molecule has 0 spiro atoms. The molecule has 0 unspecified atom stereocenters. The Kier molecular flexibility index (Phi) is 8.68. The van der Waals surface area contributed by atoms with Gasteiger partial charge in [0, 0.05) is 0 Å². The molecule has 0 aliphatic rings. The molecule has 0 radical (unpaired) electrons. The lowest BCUT2D eigenvalue weighted by molar-refractivity contribution is 0.0601. The van der Waals surface area contributed by atoms with Crippen LogP contribution in [-0.2, 0) is 15.0 Å². The normalized spacial score (nSPS) is 9.30. The van der Waals surface area contributed by atoms with Crippen molar-refractivity contribution in [1.29, 1.82) is 0 Å². The summed E-state index contributed by atoms with van der Waals surface area (Å²) in [6.07, 6.45) is 0. The molecule has 0 atom stereocenters. The Hall–Kier alpha value is -3.19. The number of ether oxygens (including phenoxy) is 3. The van der Waals surface area contributed by atoms with Gasteiger partial charge in [-0.3, -0.25) is 5.32 Å². The number of carbonyl (C=O) groups is 2. The molecule has 3 N–H and O–H groups in total. The molecule has 0 fully saturated rings. The van der Waals surface area contributed by atoms with Crippen molar-refractivity contribution < 1.29 is 32.2 Å². The molecule has 2 rings (SSSR count). The first-order chi connectivity index (χ1) is 12.8. The van der Waals surface area contributed by atoms with Crippen molar-refractivity contribution in [1.82, 2.24) is 9.97 Å². The number of primary amides is 1. The lowest BCUT2D eigenvalue weighted by Crippen LogP contribution is -2.21. The highest BCUT2D eigenvalue weighted by molar-refractivity contribution is 7.72.